The highest BCUT2D eigenvalue weighted by Crippen LogP contribution is 2.42. The highest BCUT2D eigenvalue weighted by molar-refractivity contribution is 5.88. The predicted octanol–water partition coefficient (Wildman–Crippen LogP) is 1.30. The Labute approximate surface area is 116 Å². The number of rotatable bonds is 0. The fourth-order valence-corrected chi connectivity index (χ4v) is 3.20. The fraction of sp³-hybridized carbons (Fsp3) is 0.643. The van der Waals surface area contributed by atoms with E-state index in [1.54, 1.807) is 6.07 Å². The maximum atomic E-state index is 12.0. The van der Waals surface area contributed by atoms with Crippen LogP contribution in [0.2, 0.25) is 0 Å². The van der Waals surface area contributed by atoms with Crippen molar-refractivity contribution in [3.8, 4) is 0 Å². The minimum Gasteiger partial charge on any atom is -0.426 e. The SMILES string of the molecule is CC1(C)OC[C@H]2O[C@@]3(C[C@H]2O1)Cn1cccc1C(=O)O3. The van der Waals surface area contributed by atoms with Crippen LogP contribution in [0.1, 0.15) is 30.8 Å². The molecule has 1 aromatic heterocycles. The van der Waals surface area contributed by atoms with E-state index in [4.69, 9.17) is 18.9 Å². The quantitative estimate of drug-likeness (QED) is 0.670. The number of nitrogens with zero attached hydrogens (tertiary/aromatic N) is 1. The van der Waals surface area contributed by atoms with Gasteiger partial charge in [-0.15, -0.1) is 0 Å². The summed E-state index contributed by atoms with van der Waals surface area (Å²) in [4.78, 5) is 12.0. The first-order valence-electron chi connectivity index (χ1n) is 6.85. The van der Waals surface area contributed by atoms with Gasteiger partial charge in [-0.1, -0.05) is 0 Å². The summed E-state index contributed by atoms with van der Waals surface area (Å²) < 4.78 is 24.9. The zero-order valence-electron chi connectivity index (χ0n) is 11.5. The van der Waals surface area contributed by atoms with Crippen molar-refractivity contribution in [2.75, 3.05) is 6.61 Å². The number of aromatic nitrogens is 1. The molecule has 0 bridgehead atoms. The Hall–Kier alpha value is -1.37. The van der Waals surface area contributed by atoms with Gasteiger partial charge in [-0.25, -0.2) is 4.79 Å². The van der Waals surface area contributed by atoms with Crippen molar-refractivity contribution in [2.45, 2.75) is 50.6 Å². The number of esters is 1. The average Bonchev–Trinajstić information content (AvgIpc) is 2.92. The normalized spacial score (nSPS) is 38.4. The Morgan fingerprint density at radius 3 is 3.00 bits per heavy atom. The van der Waals surface area contributed by atoms with Crippen LogP contribution in [0.25, 0.3) is 0 Å². The Balaban J connectivity index is 1.61. The number of hydrogen-bond acceptors (Lipinski definition) is 5. The Bertz CT molecular complexity index is 566. The second kappa shape index (κ2) is 3.84. The van der Waals surface area contributed by atoms with Crippen molar-refractivity contribution in [2.24, 2.45) is 0 Å². The average molecular weight is 279 g/mol. The number of fused-ring (bicyclic) bond motifs is 2. The van der Waals surface area contributed by atoms with E-state index in [0.29, 0.717) is 25.3 Å². The molecule has 108 valence electrons. The van der Waals surface area contributed by atoms with E-state index in [1.165, 1.54) is 0 Å². The van der Waals surface area contributed by atoms with Crippen molar-refractivity contribution < 1.29 is 23.7 Å². The molecule has 3 atom stereocenters. The lowest BCUT2D eigenvalue weighted by Crippen LogP contribution is -2.46. The van der Waals surface area contributed by atoms with Crippen LogP contribution in [0.4, 0.5) is 0 Å². The molecule has 1 aromatic rings. The highest BCUT2D eigenvalue weighted by Gasteiger charge is 2.55. The maximum Gasteiger partial charge on any atom is 0.357 e. The summed E-state index contributed by atoms with van der Waals surface area (Å²) >= 11 is 0. The second-order valence-corrected chi connectivity index (χ2v) is 6.05. The van der Waals surface area contributed by atoms with Gasteiger partial charge in [0.2, 0.25) is 5.79 Å². The lowest BCUT2D eigenvalue weighted by atomic mass is 10.1. The minimum absolute atomic E-state index is 0.108. The molecule has 0 radical (unpaired) electrons. The standard InChI is InChI=1S/C14H17NO5/c1-13(2)17-7-11-10(18-13)6-14(19-11)8-15-5-3-4-9(15)12(16)20-14/h3-5,10-11H,6-8H2,1-2H3/t10-,11-,14-/m1/s1. The molecular formula is C14H17NO5. The van der Waals surface area contributed by atoms with Crippen LogP contribution >= 0.6 is 0 Å². The fourth-order valence-electron chi connectivity index (χ4n) is 3.20. The number of carbonyl (C=O) groups is 1. The van der Waals surface area contributed by atoms with Crippen LogP contribution in [0.5, 0.6) is 0 Å². The molecule has 1 spiro atoms. The molecule has 6 heteroatoms. The Kier molecular flexibility index (Phi) is 2.38. The molecular weight excluding hydrogens is 262 g/mol. The molecule has 4 heterocycles. The molecule has 4 rings (SSSR count). The number of carbonyl (C=O) groups excluding carboxylic acids is 1. The minimum atomic E-state index is -0.928. The zero-order chi connectivity index (χ0) is 14.0. The van der Waals surface area contributed by atoms with E-state index in [-0.39, 0.29) is 18.2 Å². The molecule has 2 fully saturated rings. The van der Waals surface area contributed by atoms with Crippen LogP contribution in [0, 0.1) is 0 Å². The van der Waals surface area contributed by atoms with Crippen molar-refractivity contribution >= 4 is 5.97 Å². The third-order valence-corrected chi connectivity index (χ3v) is 4.05. The first kappa shape index (κ1) is 12.4. The lowest BCUT2D eigenvalue weighted by molar-refractivity contribution is -0.300. The molecule has 0 amide bonds. The molecule has 2 saturated heterocycles. The first-order valence-corrected chi connectivity index (χ1v) is 6.85. The summed E-state index contributed by atoms with van der Waals surface area (Å²) in [5, 5.41) is 0. The van der Waals surface area contributed by atoms with Gasteiger partial charge in [0.1, 0.15) is 11.8 Å². The van der Waals surface area contributed by atoms with Gasteiger partial charge < -0.3 is 23.5 Å². The van der Waals surface area contributed by atoms with Crippen LogP contribution < -0.4 is 0 Å². The van der Waals surface area contributed by atoms with Crippen molar-refractivity contribution in [1.82, 2.24) is 4.57 Å². The van der Waals surface area contributed by atoms with Gasteiger partial charge >= 0.3 is 5.97 Å². The molecule has 0 N–H and O–H groups in total. The molecule has 0 aliphatic carbocycles. The van der Waals surface area contributed by atoms with Crippen LogP contribution in [-0.4, -0.2) is 40.9 Å². The lowest BCUT2D eigenvalue weighted by Gasteiger charge is -2.36. The third-order valence-electron chi connectivity index (χ3n) is 4.05. The summed E-state index contributed by atoms with van der Waals surface area (Å²) in [7, 11) is 0. The summed E-state index contributed by atoms with van der Waals surface area (Å²) in [5.41, 5.74) is 0.562. The maximum absolute atomic E-state index is 12.0. The highest BCUT2D eigenvalue weighted by atomic mass is 16.8. The largest absolute Gasteiger partial charge is 0.426 e. The second-order valence-electron chi connectivity index (χ2n) is 6.05. The summed E-state index contributed by atoms with van der Waals surface area (Å²) in [6, 6.07) is 3.58. The van der Waals surface area contributed by atoms with Crippen LogP contribution in [0.15, 0.2) is 18.3 Å². The summed E-state index contributed by atoms with van der Waals surface area (Å²) in [6.45, 7) is 4.71. The Morgan fingerprint density at radius 1 is 1.30 bits per heavy atom. The summed E-state index contributed by atoms with van der Waals surface area (Å²) in [6.07, 6.45) is 2.11. The first-order chi connectivity index (χ1) is 9.46. The van der Waals surface area contributed by atoms with E-state index in [2.05, 4.69) is 0 Å². The molecule has 0 saturated carbocycles. The van der Waals surface area contributed by atoms with Gasteiger partial charge in [0.25, 0.3) is 0 Å². The van der Waals surface area contributed by atoms with Crippen molar-refractivity contribution in [3.05, 3.63) is 24.0 Å². The Morgan fingerprint density at radius 2 is 2.15 bits per heavy atom. The third kappa shape index (κ3) is 1.79. The van der Waals surface area contributed by atoms with Crippen molar-refractivity contribution in [3.63, 3.8) is 0 Å². The van der Waals surface area contributed by atoms with Crippen molar-refractivity contribution in [1.29, 1.82) is 0 Å². The van der Waals surface area contributed by atoms with Gasteiger partial charge in [0.05, 0.1) is 19.3 Å². The van der Waals surface area contributed by atoms with E-state index >= 15 is 0 Å². The van der Waals surface area contributed by atoms with E-state index < -0.39 is 11.6 Å². The van der Waals surface area contributed by atoms with E-state index in [0.717, 1.165) is 0 Å². The van der Waals surface area contributed by atoms with E-state index in [9.17, 15) is 4.79 Å². The molecule has 3 aliphatic rings. The smallest absolute Gasteiger partial charge is 0.357 e. The van der Waals surface area contributed by atoms with Gasteiger partial charge in [-0.05, 0) is 26.0 Å². The van der Waals surface area contributed by atoms with Crippen LogP contribution in [0.3, 0.4) is 0 Å². The predicted molar refractivity (Wildman–Crippen MR) is 67.0 cm³/mol. The topological polar surface area (TPSA) is 58.9 Å². The monoisotopic (exact) mass is 279 g/mol. The van der Waals surface area contributed by atoms with Crippen LogP contribution in [-0.2, 0) is 25.5 Å². The number of ether oxygens (including phenoxy) is 4. The number of hydrogen-bond donors (Lipinski definition) is 0. The molecule has 20 heavy (non-hydrogen) atoms. The van der Waals surface area contributed by atoms with Gasteiger partial charge in [0, 0.05) is 12.6 Å². The molecule has 3 aliphatic heterocycles. The molecule has 6 nitrogen and oxygen atoms in total. The van der Waals surface area contributed by atoms with E-state index in [1.807, 2.05) is 30.7 Å². The van der Waals surface area contributed by atoms with Gasteiger partial charge in [-0.2, -0.15) is 0 Å². The molecule has 0 aromatic carbocycles. The summed E-state index contributed by atoms with van der Waals surface area (Å²) in [5.74, 6) is -1.89. The zero-order valence-corrected chi connectivity index (χ0v) is 11.5. The van der Waals surface area contributed by atoms with Gasteiger partial charge in [0.15, 0.2) is 5.79 Å². The van der Waals surface area contributed by atoms with Gasteiger partial charge in [-0.3, -0.25) is 0 Å². The molecule has 0 unspecified atom stereocenters.